The maximum absolute atomic E-state index is 13.5. The highest BCUT2D eigenvalue weighted by Crippen LogP contribution is 2.54. The van der Waals surface area contributed by atoms with E-state index in [0.29, 0.717) is 31.7 Å². The van der Waals surface area contributed by atoms with Crippen molar-refractivity contribution in [3.05, 3.63) is 25.3 Å². The summed E-state index contributed by atoms with van der Waals surface area (Å²) in [4.78, 5) is 75.7. The van der Waals surface area contributed by atoms with Gasteiger partial charge in [0, 0.05) is 37.1 Å². The van der Waals surface area contributed by atoms with Crippen molar-refractivity contribution in [3.8, 4) is 0 Å². The number of likely N-dealkylation sites (N-methyl/N-ethyl adjacent to an activating group) is 2. The highest BCUT2D eigenvalue weighted by molar-refractivity contribution is 8.77. The molecule has 3 aliphatic rings. The Hall–Kier alpha value is -2.96. The number of hydrogen-bond acceptors (Lipinski definition) is 24. The van der Waals surface area contributed by atoms with Gasteiger partial charge in [-0.05, 0) is 50.9 Å². The molecule has 3 saturated heterocycles. The fourth-order valence-corrected chi connectivity index (χ4v) is 12.1. The lowest BCUT2D eigenvalue weighted by atomic mass is 10.1. The van der Waals surface area contributed by atoms with Crippen molar-refractivity contribution in [1.82, 2.24) is 49.3 Å². The minimum atomic E-state index is -4.35. The molecule has 31 heteroatoms. The Morgan fingerprint density at radius 3 is 2.14 bits per heavy atom. The molecule has 8 N–H and O–H groups in total. The molecule has 25 nitrogen and oxygen atoms in total. The number of aromatic nitrogens is 8. The first-order valence-corrected chi connectivity index (χ1v) is 27.1. The molecule has 1 amide bonds. The number of aliphatic hydroxyl groups is 1. The van der Waals surface area contributed by atoms with Gasteiger partial charge in [0.1, 0.15) is 60.8 Å². The summed E-state index contributed by atoms with van der Waals surface area (Å²) in [7, 11) is 6.62. The van der Waals surface area contributed by atoms with Crippen LogP contribution in [-0.4, -0.2) is 165 Å². The number of ether oxygens (including phenoxy) is 4. The zero-order valence-corrected chi connectivity index (χ0v) is 39.8. The Labute approximate surface area is 383 Å². The minimum absolute atomic E-state index is 0.0529. The van der Waals surface area contributed by atoms with Gasteiger partial charge in [-0.1, -0.05) is 21.6 Å². The van der Waals surface area contributed by atoms with Crippen LogP contribution in [-0.2, 0) is 65.5 Å². The van der Waals surface area contributed by atoms with Crippen molar-refractivity contribution in [2.75, 3.05) is 64.2 Å². The molecule has 2 unspecified atom stereocenters. The summed E-state index contributed by atoms with van der Waals surface area (Å²) in [5.74, 6) is 0.550. The van der Waals surface area contributed by atoms with E-state index in [1.807, 2.05) is 20.9 Å². The van der Waals surface area contributed by atoms with Crippen LogP contribution in [0.4, 0.5) is 16.4 Å². The van der Waals surface area contributed by atoms with Crippen LogP contribution in [0.1, 0.15) is 39.1 Å². The molecule has 352 valence electrons. The number of anilines is 2. The average molecular weight is 1010 g/mol. The molecule has 4 aromatic rings. The summed E-state index contributed by atoms with van der Waals surface area (Å²) in [6.07, 6.45) is -6.08. The van der Waals surface area contributed by atoms with E-state index in [0.717, 1.165) is 0 Å². The van der Waals surface area contributed by atoms with E-state index >= 15 is 0 Å². The molecule has 0 aromatic carbocycles. The number of aliphatic hydroxyl groups excluding tert-OH is 1. The smallest absolute Gasteiger partial charge is 0.433 e. The largest absolute Gasteiger partial charge is 0.508 e. The Kier molecular flexibility index (Phi) is 15.7. The minimum Gasteiger partial charge on any atom is -0.433 e. The summed E-state index contributed by atoms with van der Waals surface area (Å²) in [6.45, 7) is -4.52. The normalized spacial score (nSPS) is 30.0. The third-order valence-corrected chi connectivity index (χ3v) is 16.6. The van der Waals surface area contributed by atoms with Gasteiger partial charge in [-0.2, -0.15) is 0 Å². The van der Waals surface area contributed by atoms with Crippen molar-refractivity contribution in [1.29, 1.82) is 0 Å². The van der Waals surface area contributed by atoms with Gasteiger partial charge in [0.25, 0.3) is 0 Å². The number of carbonyl (C=O) groups is 2. The van der Waals surface area contributed by atoms with Gasteiger partial charge in [-0.25, -0.2) is 34.7 Å². The Morgan fingerprint density at radius 1 is 0.938 bits per heavy atom. The van der Waals surface area contributed by atoms with Gasteiger partial charge in [0.15, 0.2) is 41.5 Å². The van der Waals surface area contributed by atoms with Crippen molar-refractivity contribution in [2.24, 2.45) is 0 Å². The summed E-state index contributed by atoms with van der Waals surface area (Å²) < 4.78 is 49.9. The second-order valence-corrected chi connectivity index (χ2v) is 23.9. The van der Waals surface area contributed by atoms with E-state index in [2.05, 4.69) is 35.2 Å². The third-order valence-electron chi connectivity index (χ3n) is 10.2. The van der Waals surface area contributed by atoms with E-state index in [1.165, 1.54) is 45.2 Å². The second-order valence-electron chi connectivity index (χ2n) is 15.2. The molecular formula is C33H48N12O13P2S4. The number of rotatable bonds is 14. The van der Waals surface area contributed by atoms with Crippen LogP contribution in [0.15, 0.2) is 25.3 Å². The molecule has 0 aliphatic carbocycles. The first kappa shape index (κ1) is 49.0. The van der Waals surface area contributed by atoms with Crippen LogP contribution in [0.5, 0.6) is 0 Å². The zero-order valence-electron chi connectivity index (χ0n) is 34.7. The quantitative estimate of drug-likeness (QED) is 0.0450. The van der Waals surface area contributed by atoms with Gasteiger partial charge in [-0.3, -0.25) is 23.0 Å². The molecule has 0 radical (unpaired) electrons. The predicted molar refractivity (Wildman–Crippen MR) is 239 cm³/mol. The monoisotopic (exact) mass is 1010 g/mol. The van der Waals surface area contributed by atoms with E-state index in [-0.39, 0.29) is 51.2 Å². The molecule has 10 atom stereocenters. The van der Waals surface area contributed by atoms with E-state index in [9.17, 15) is 24.5 Å². The van der Waals surface area contributed by atoms with Crippen molar-refractivity contribution in [3.63, 3.8) is 0 Å². The van der Waals surface area contributed by atoms with E-state index < -0.39 is 81.9 Å². The Balaban J connectivity index is 1.07. The molecule has 64 heavy (non-hydrogen) atoms. The van der Waals surface area contributed by atoms with Gasteiger partial charge < -0.3 is 64.6 Å². The molecule has 7 rings (SSSR count). The number of carbonyl (C=O) groups excluding carboxylic acids is 2. The maximum atomic E-state index is 13.5. The number of imidazole rings is 2. The standard InChI is InChI=1S/C33H48N12O13P2S4/c1-33(2,6-5-19(46)43(4)8-7-36-3)64-63-10-9-51-32(48)56-25-23-18(55-31(25)45-16-42-21-27(35)38-14-40-29(21)45)12-53-60(50,62)58-24-22(47)17(11-52-59(49,61)57-23)54-30(24)44-15-41-20-26(34)37-13-39-28(20)44/h13-18,22-25,30-31,36,47H,5-12H2,1-4H3,(H,49,61)(H,50,62)(H2,34,37,39)(H2,35,38,40)/t17-,18-,22-,23-,24-,25-,30-,31-,59?,60?/m1/s1. The Bertz CT molecular complexity index is 2410. The average Bonchev–Trinajstić information content (AvgIpc) is 4.02. The van der Waals surface area contributed by atoms with Crippen LogP contribution in [0.3, 0.4) is 0 Å². The summed E-state index contributed by atoms with van der Waals surface area (Å²) in [5.41, 5.74) is 12.9. The van der Waals surface area contributed by atoms with Crippen LogP contribution in [0, 0.1) is 0 Å². The molecule has 3 fully saturated rings. The third kappa shape index (κ3) is 11.4. The first-order valence-electron chi connectivity index (χ1n) is 19.6. The van der Waals surface area contributed by atoms with E-state index in [4.69, 9.17) is 72.1 Å². The Morgan fingerprint density at radius 2 is 1.52 bits per heavy atom. The van der Waals surface area contributed by atoms with Crippen LogP contribution >= 0.6 is 35.0 Å². The van der Waals surface area contributed by atoms with Crippen LogP contribution in [0.25, 0.3) is 22.3 Å². The first-order chi connectivity index (χ1) is 30.4. The van der Waals surface area contributed by atoms with Crippen LogP contribution < -0.4 is 16.8 Å². The second kappa shape index (κ2) is 20.5. The maximum Gasteiger partial charge on any atom is 0.508 e. The number of nitrogens with one attached hydrogen (secondary N) is 1. The lowest BCUT2D eigenvalue weighted by Gasteiger charge is -2.29. The van der Waals surface area contributed by atoms with Gasteiger partial charge in [-0.15, -0.1) is 0 Å². The van der Waals surface area contributed by atoms with Gasteiger partial charge in [0.2, 0.25) is 5.91 Å². The van der Waals surface area contributed by atoms with Crippen molar-refractivity contribution >= 4 is 105 Å². The fraction of sp³-hybridized carbons (Fsp3) is 0.636. The number of fused-ring (bicyclic) bond motifs is 5. The zero-order chi connectivity index (χ0) is 46.0. The number of nitrogen functional groups attached to an aromatic ring is 2. The highest BCUT2D eigenvalue weighted by Gasteiger charge is 2.54. The number of amides is 1. The topological polar surface area (TPSA) is 323 Å². The number of nitrogens with zero attached hydrogens (tertiary/aromatic N) is 9. The predicted octanol–water partition coefficient (Wildman–Crippen LogP) is 1.38. The lowest BCUT2D eigenvalue weighted by Crippen LogP contribution is -2.39. The molecule has 4 aromatic heterocycles. The van der Waals surface area contributed by atoms with Crippen molar-refractivity contribution < 1.29 is 61.5 Å². The summed E-state index contributed by atoms with van der Waals surface area (Å²) in [6, 6.07) is 0. The fourth-order valence-electron chi connectivity index (χ4n) is 6.88. The number of hydrogen-bond donors (Lipinski definition) is 6. The molecule has 0 spiro atoms. The lowest BCUT2D eigenvalue weighted by molar-refractivity contribution is -0.130. The summed E-state index contributed by atoms with van der Waals surface area (Å²) in [5, 5.41) is 14.5. The van der Waals surface area contributed by atoms with Gasteiger partial charge in [0.05, 0.1) is 25.9 Å². The van der Waals surface area contributed by atoms with E-state index in [1.54, 1.807) is 22.7 Å². The molecule has 3 aliphatic heterocycles. The summed E-state index contributed by atoms with van der Waals surface area (Å²) >= 11 is 10.9. The molecule has 7 heterocycles. The molecule has 0 saturated carbocycles. The highest BCUT2D eigenvalue weighted by atomic mass is 33.1. The molecular weight excluding hydrogens is 963 g/mol. The van der Waals surface area contributed by atoms with Crippen molar-refractivity contribution in [2.45, 2.75) is 80.5 Å². The van der Waals surface area contributed by atoms with Gasteiger partial charge >= 0.3 is 19.6 Å². The van der Waals surface area contributed by atoms with Crippen LogP contribution in [0.2, 0.25) is 0 Å². The molecule has 2 bridgehead atoms. The SMILES string of the molecule is CNCCN(C)C(=O)CCC(C)(C)SSCCOC(=O)O[C@@H]1[C@@H]2OP(O)(=S)OC[C@H]3O[C@@H](n4cnc5c(N)ncnc54)[C@H](OP(O)(=S)OC[C@H]2O[C@H]1n1cnc2c(N)ncnc21)[C@@H]3O. The number of nitrogens with two attached hydrogens (primary N) is 2.